The number of nitrogens with one attached hydrogen (secondary N) is 6. The summed E-state index contributed by atoms with van der Waals surface area (Å²) in [6.07, 6.45) is 6.25. The third-order valence-electron chi connectivity index (χ3n) is 21.3. The number of hydrogen-bond acceptors (Lipinski definition) is 17. The van der Waals surface area contributed by atoms with Gasteiger partial charge in [-0.1, -0.05) is 92.4 Å². The molecule has 1 unspecified atom stereocenters. The number of anilines is 4. The van der Waals surface area contributed by atoms with Crippen molar-refractivity contribution >= 4 is 81.7 Å². The van der Waals surface area contributed by atoms with E-state index in [1.807, 2.05) is 59.6 Å². The molecule has 0 radical (unpaired) electrons. The molecule has 7 N–H and O–H groups in total. The average Bonchev–Trinajstić information content (AvgIpc) is 1.57. The molecular formula is C83H92N10O16. The lowest BCUT2D eigenvalue weighted by molar-refractivity contribution is -0.132. The molecule has 6 aliphatic heterocycles. The van der Waals surface area contributed by atoms with E-state index in [-0.39, 0.29) is 84.5 Å². The van der Waals surface area contributed by atoms with E-state index < -0.39 is 79.0 Å². The van der Waals surface area contributed by atoms with Crippen LogP contribution in [0.25, 0.3) is 5.57 Å². The highest BCUT2D eigenvalue weighted by Crippen LogP contribution is 2.57. The summed E-state index contributed by atoms with van der Waals surface area (Å²) in [6.45, 7) is 7.03. The summed E-state index contributed by atoms with van der Waals surface area (Å²) >= 11 is 0. The van der Waals surface area contributed by atoms with E-state index in [4.69, 9.17) is 28.4 Å². The van der Waals surface area contributed by atoms with Gasteiger partial charge in [0.25, 0.3) is 11.8 Å². The number of aliphatic hydroxyl groups excluding tert-OH is 1. The molecule has 26 heteroatoms. The largest absolute Gasteiger partial charge is 0.493 e. The van der Waals surface area contributed by atoms with Crippen molar-refractivity contribution in [1.82, 2.24) is 31.1 Å². The number of unbranched alkanes of at least 4 members (excludes halogenated alkanes) is 2. The van der Waals surface area contributed by atoms with E-state index in [2.05, 4.69) is 68.0 Å². The fraction of sp³-hybridized carbons (Fsp3) is 0.410. The lowest BCUT2D eigenvalue weighted by Crippen LogP contribution is -2.55. The maximum absolute atomic E-state index is 14.5. The van der Waals surface area contributed by atoms with Gasteiger partial charge in [0.2, 0.25) is 35.4 Å². The van der Waals surface area contributed by atoms with Crippen LogP contribution >= 0.6 is 0 Å². The van der Waals surface area contributed by atoms with Crippen LogP contribution in [0, 0.1) is 23.2 Å². The molecule has 0 bridgehead atoms. The zero-order valence-electron chi connectivity index (χ0n) is 61.9. The molecule has 5 atom stereocenters. The van der Waals surface area contributed by atoms with Crippen molar-refractivity contribution < 1.29 is 76.7 Å². The molecule has 9 amide bonds. The Bertz CT molecular complexity index is 4560. The molecule has 3 fully saturated rings. The first-order chi connectivity index (χ1) is 52.7. The molecule has 1 saturated carbocycles. The molecule has 13 rings (SSSR count). The van der Waals surface area contributed by atoms with Gasteiger partial charge in [-0.05, 0) is 152 Å². The van der Waals surface area contributed by atoms with E-state index in [1.165, 1.54) is 31.7 Å². The van der Waals surface area contributed by atoms with Gasteiger partial charge in [-0.15, -0.1) is 0 Å². The number of para-hydroxylation sites is 1. The zero-order valence-corrected chi connectivity index (χ0v) is 61.9. The van der Waals surface area contributed by atoms with Crippen LogP contribution in [0.1, 0.15) is 151 Å². The number of rotatable bonds is 27. The lowest BCUT2D eigenvalue weighted by atomic mass is 9.90. The number of aliphatic hydroxyl groups is 1. The van der Waals surface area contributed by atoms with Crippen LogP contribution in [-0.2, 0) is 51.4 Å². The van der Waals surface area contributed by atoms with Gasteiger partial charge in [-0.2, -0.15) is 0 Å². The van der Waals surface area contributed by atoms with Crippen molar-refractivity contribution in [3.63, 3.8) is 0 Å². The summed E-state index contributed by atoms with van der Waals surface area (Å²) in [7, 11) is 3.02. The van der Waals surface area contributed by atoms with Crippen molar-refractivity contribution in [2.75, 3.05) is 87.3 Å². The maximum Gasteiger partial charge on any atom is 0.416 e. The Labute approximate surface area is 632 Å². The van der Waals surface area contributed by atoms with E-state index in [0.29, 0.717) is 96.5 Å². The standard InChI is InChI=1S/C83H92N10O16/c1-50(2)76(89-74(96)45-86-73(95)44-85-72(94)27-28-75(97)91-46-58-15-8-7-13-53(58)23-24-57-14-9-10-16-65(57)91)78(99)87-51(3)77(98)88-60-25-17-52(18-26-60)48-109-82(103)93-66-41-71(69(105-5)39-63(66)80(101)92-49-83(31-32-83)42-67(92)81(93)102)108-34-12-6-11-33-107-70-40-64-62(38-68(70)104-4)79(100)90-47-59(37-61(90)43-84-64)55-21-19-54(20-22-55)56-29-35-106-36-30-56/h7-10,13-22,25-26,38-41,47,50-51,56,61,67,76,81,84,102H,6,11-12,27-37,42-46,48-49H2,1-5H3,(H,85,94)(H,86,95)(H,87,99)(H,88,98)(H,89,96)/t51-,61-,67-,76-,81?/m0/s1. The summed E-state index contributed by atoms with van der Waals surface area (Å²) in [6, 6.07) is 33.7. The van der Waals surface area contributed by atoms with Crippen LogP contribution in [0.4, 0.5) is 27.5 Å². The van der Waals surface area contributed by atoms with Gasteiger partial charge >= 0.3 is 6.09 Å². The van der Waals surface area contributed by atoms with Gasteiger partial charge in [-0.3, -0.25) is 38.4 Å². The maximum atomic E-state index is 14.5. The second-order valence-corrected chi connectivity index (χ2v) is 29.1. The Hall–Kier alpha value is -11.4. The predicted molar refractivity (Wildman–Crippen MR) is 406 cm³/mol. The molecule has 109 heavy (non-hydrogen) atoms. The molecule has 570 valence electrons. The summed E-state index contributed by atoms with van der Waals surface area (Å²) in [5.41, 5.74) is 8.66. The zero-order chi connectivity index (χ0) is 76.5. The number of fused-ring (bicyclic) bond motifs is 6. The third-order valence-corrected chi connectivity index (χ3v) is 21.3. The van der Waals surface area contributed by atoms with Crippen molar-refractivity contribution in [3.8, 4) is 34.8 Å². The number of ether oxygens (including phenoxy) is 6. The minimum Gasteiger partial charge on any atom is -0.493 e. The molecule has 7 aliphatic rings. The molecular weight excluding hydrogens is 1390 g/mol. The van der Waals surface area contributed by atoms with Crippen LogP contribution < -0.4 is 60.6 Å². The van der Waals surface area contributed by atoms with Gasteiger partial charge in [0, 0.05) is 74.3 Å². The van der Waals surface area contributed by atoms with Gasteiger partial charge in [0.05, 0.1) is 87.3 Å². The molecule has 2 saturated heterocycles. The Morgan fingerprint density at radius 1 is 0.697 bits per heavy atom. The Kier molecular flexibility index (Phi) is 23.5. The van der Waals surface area contributed by atoms with E-state index in [0.717, 1.165) is 72.5 Å². The van der Waals surface area contributed by atoms with Crippen LogP contribution in [0.15, 0.2) is 128 Å². The molecule has 1 aliphatic carbocycles. The third kappa shape index (κ3) is 17.6. The summed E-state index contributed by atoms with van der Waals surface area (Å²) in [4.78, 5) is 129. The second kappa shape index (κ2) is 33.8. The number of methoxy groups -OCH3 is 2. The lowest BCUT2D eigenvalue weighted by Gasteiger charge is -2.31. The smallest absolute Gasteiger partial charge is 0.416 e. The van der Waals surface area contributed by atoms with Crippen LogP contribution in [0.3, 0.4) is 0 Å². The normalized spacial score (nSPS) is 18.4. The van der Waals surface area contributed by atoms with E-state index in [1.54, 1.807) is 67.2 Å². The quantitative estimate of drug-likeness (QED) is 0.0187. The van der Waals surface area contributed by atoms with Gasteiger partial charge in [0.1, 0.15) is 18.7 Å². The molecule has 0 aromatic heterocycles. The summed E-state index contributed by atoms with van der Waals surface area (Å²) in [5, 5.41) is 28.6. The topological polar surface area (TPSA) is 314 Å². The Morgan fingerprint density at radius 2 is 1.37 bits per heavy atom. The fourth-order valence-corrected chi connectivity index (χ4v) is 14.9. The highest BCUT2D eigenvalue weighted by Gasteiger charge is 2.58. The highest BCUT2D eigenvalue weighted by atomic mass is 16.6. The molecule has 6 aromatic carbocycles. The number of benzene rings is 6. The number of carbonyl (C=O) groups excluding carboxylic acids is 9. The SMILES string of the molecule is COc1cc2c(cc1OCCCCCOc1cc3c(cc1OC)C(=O)N1CC4(CC4)C[C@H]1C(O)N3C(=O)OCc1ccc(NC(=O)[C@H](C)NC(=O)[C@@H](NC(=O)CNC(=O)CNC(=O)CCC(=O)N3Cc4ccccc4C#Cc4ccccc43)C(C)C)cc1)NC[C@@H]1CC(c3ccc(C4CCOCC4)cc3)=CN1C2=O. The first-order valence-electron chi connectivity index (χ1n) is 37.4. The summed E-state index contributed by atoms with van der Waals surface area (Å²) < 4.78 is 35.6. The number of amides is 9. The van der Waals surface area contributed by atoms with Gasteiger partial charge in [0.15, 0.2) is 29.2 Å². The summed E-state index contributed by atoms with van der Waals surface area (Å²) in [5.74, 6) is 3.90. The molecule has 6 heterocycles. The fourth-order valence-electron chi connectivity index (χ4n) is 14.9. The van der Waals surface area contributed by atoms with Crippen molar-refractivity contribution in [2.45, 2.75) is 141 Å². The predicted octanol–water partition coefficient (Wildman–Crippen LogP) is 8.92. The van der Waals surface area contributed by atoms with Crippen LogP contribution in [-0.4, -0.2) is 165 Å². The minimum atomic E-state index is -1.48. The van der Waals surface area contributed by atoms with Crippen LogP contribution in [0.2, 0.25) is 0 Å². The van der Waals surface area contributed by atoms with E-state index >= 15 is 0 Å². The van der Waals surface area contributed by atoms with Crippen molar-refractivity contribution in [2.24, 2.45) is 11.3 Å². The number of nitrogens with zero attached hydrogens (tertiary/aromatic N) is 4. The molecule has 6 aromatic rings. The highest BCUT2D eigenvalue weighted by molar-refractivity contribution is 6.07. The van der Waals surface area contributed by atoms with Crippen molar-refractivity contribution in [3.05, 3.63) is 172 Å². The minimum absolute atomic E-state index is 0.0593. The van der Waals surface area contributed by atoms with Gasteiger partial charge in [-0.25, -0.2) is 9.69 Å². The van der Waals surface area contributed by atoms with E-state index in [9.17, 15) is 48.3 Å². The number of carbonyl (C=O) groups is 9. The van der Waals surface area contributed by atoms with Gasteiger partial charge < -0.3 is 80.1 Å². The molecule has 1 spiro atoms. The average molecular weight is 1490 g/mol. The number of hydrogen-bond donors (Lipinski definition) is 7. The molecule has 26 nitrogen and oxygen atoms in total. The first kappa shape index (κ1) is 75.8. The monoisotopic (exact) mass is 1480 g/mol. The van der Waals surface area contributed by atoms with Crippen LogP contribution in [0.5, 0.6) is 23.0 Å². The Morgan fingerprint density at radius 3 is 2.08 bits per heavy atom. The second-order valence-electron chi connectivity index (χ2n) is 29.1. The van der Waals surface area contributed by atoms with Crippen molar-refractivity contribution in [1.29, 1.82) is 0 Å². The Balaban J connectivity index is 0.556. The first-order valence-corrected chi connectivity index (χ1v) is 37.4.